The Morgan fingerprint density at radius 2 is 2.17 bits per heavy atom. The molecule has 0 bridgehead atoms. The minimum Gasteiger partial charge on any atom is -0.306 e. The Kier molecular flexibility index (Phi) is 4.76. The van der Waals surface area contributed by atoms with Crippen molar-refractivity contribution in [3.8, 4) is 0 Å². The Labute approximate surface area is 187 Å². The predicted octanol–water partition coefficient (Wildman–Crippen LogP) is 4.08. The fraction of sp³-hybridized carbons (Fsp3) is 0.350. The van der Waals surface area contributed by atoms with Gasteiger partial charge in [-0.2, -0.15) is 8.42 Å². The van der Waals surface area contributed by atoms with E-state index in [0.717, 1.165) is 25.9 Å². The van der Waals surface area contributed by atoms with Crippen LogP contribution in [0.3, 0.4) is 0 Å². The normalized spacial score (nSPS) is 20.0. The summed E-state index contributed by atoms with van der Waals surface area (Å²) in [7, 11) is -1.59. The number of hydrogen-bond donors (Lipinski definition) is 1. The Balaban J connectivity index is 1.50. The molecule has 1 N–H and O–H groups in total. The smallest absolute Gasteiger partial charge is 0.280 e. The first kappa shape index (κ1) is 19.5. The summed E-state index contributed by atoms with van der Waals surface area (Å²) in [5.74, 6) is 0.523. The van der Waals surface area contributed by atoms with Crippen molar-refractivity contribution in [3.63, 3.8) is 0 Å². The van der Waals surface area contributed by atoms with Gasteiger partial charge in [0.25, 0.3) is 10.0 Å². The number of sulfonamides is 1. The number of aromatic nitrogens is 2. The molecule has 2 aliphatic rings. The van der Waals surface area contributed by atoms with Crippen molar-refractivity contribution in [1.29, 1.82) is 0 Å². The van der Waals surface area contributed by atoms with E-state index in [2.05, 4.69) is 34.6 Å². The van der Waals surface area contributed by atoms with Gasteiger partial charge in [0.1, 0.15) is 3.70 Å². The summed E-state index contributed by atoms with van der Waals surface area (Å²) in [4.78, 5) is 7.40. The summed E-state index contributed by atoms with van der Waals surface area (Å²) in [6.45, 7) is 4.38. The van der Waals surface area contributed by atoms with Crippen LogP contribution in [0.1, 0.15) is 24.5 Å². The van der Waals surface area contributed by atoms with Gasteiger partial charge in [0.05, 0.1) is 0 Å². The van der Waals surface area contributed by atoms with E-state index in [1.807, 2.05) is 40.1 Å². The molecule has 1 aromatic carbocycles. The van der Waals surface area contributed by atoms with E-state index in [9.17, 15) is 8.42 Å². The van der Waals surface area contributed by atoms with Gasteiger partial charge in [-0.15, -0.1) is 11.3 Å². The molecule has 1 unspecified atom stereocenters. The van der Waals surface area contributed by atoms with E-state index < -0.39 is 10.0 Å². The maximum absolute atomic E-state index is 13.1. The summed E-state index contributed by atoms with van der Waals surface area (Å²) < 4.78 is 31.2. The summed E-state index contributed by atoms with van der Waals surface area (Å²) in [6.07, 6.45) is 3.85. The minimum absolute atomic E-state index is 0.194. The number of nitrogens with one attached hydrogen (secondary N) is 1. The lowest BCUT2D eigenvalue weighted by atomic mass is 9.91. The van der Waals surface area contributed by atoms with Gasteiger partial charge in [0, 0.05) is 23.8 Å². The summed E-state index contributed by atoms with van der Waals surface area (Å²) in [5.41, 5.74) is 5.90. The molecule has 5 rings (SSSR count). The first-order valence-corrected chi connectivity index (χ1v) is 12.9. The standard InChI is InChI=1S/C20H21IN4O2S2/c1-12-9-13-3-4-15(10-16(13)17(12)14-5-6-24(2)11-14)23-29(26,27)19-18(21)22-20-25(19)7-8-28-20/h3-4,7-8,10,14,23H,5-6,9,11H2,1-2H3. The van der Waals surface area contributed by atoms with Crippen LogP contribution in [0.5, 0.6) is 0 Å². The molecule has 1 aliphatic carbocycles. The maximum Gasteiger partial charge on any atom is 0.280 e. The monoisotopic (exact) mass is 540 g/mol. The highest BCUT2D eigenvalue weighted by Gasteiger charge is 2.31. The molecule has 1 atom stereocenters. The highest BCUT2D eigenvalue weighted by atomic mass is 127. The zero-order valence-corrected chi connectivity index (χ0v) is 19.9. The van der Waals surface area contributed by atoms with Crippen molar-refractivity contribution in [2.24, 2.45) is 5.92 Å². The number of nitrogens with zero attached hydrogens (tertiary/aromatic N) is 3. The van der Waals surface area contributed by atoms with Crippen LogP contribution in [0.15, 0.2) is 40.4 Å². The van der Waals surface area contributed by atoms with Crippen LogP contribution >= 0.6 is 33.9 Å². The van der Waals surface area contributed by atoms with E-state index in [1.54, 1.807) is 10.6 Å². The number of rotatable bonds is 4. The highest BCUT2D eigenvalue weighted by Crippen LogP contribution is 2.42. The third kappa shape index (κ3) is 3.31. The Morgan fingerprint density at radius 1 is 1.34 bits per heavy atom. The zero-order chi connectivity index (χ0) is 20.3. The third-order valence-corrected chi connectivity index (χ3v) is 9.08. The van der Waals surface area contributed by atoms with Gasteiger partial charge in [-0.1, -0.05) is 11.6 Å². The van der Waals surface area contributed by atoms with Gasteiger partial charge in [-0.05, 0) is 90.7 Å². The molecule has 29 heavy (non-hydrogen) atoms. The van der Waals surface area contributed by atoms with Gasteiger partial charge in [-0.3, -0.25) is 9.12 Å². The van der Waals surface area contributed by atoms with Gasteiger partial charge in [0.2, 0.25) is 0 Å². The second-order valence-electron chi connectivity index (χ2n) is 7.86. The number of anilines is 1. The third-order valence-electron chi connectivity index (χ3n) is 5.80. The number of halogens is 1. The van der Waals surface area contributed by atoms with Crippen LogP contribution in [-0.2, 0) is 16.4 Å². The maximum atomic E-state index is 13.1. The molecule has 0 radical (unpaired) electrons. The molecule has 6 nitrogen and oxygen atoms in total. The molecular weight excluding hydrogens is 519 g/mol. The second kappa shape index (κ2) is 7.07. The number of imidazole rings is 1. The van der Waals surface area contributed by atoms with Gasteiger partial charge < -0.3 is 4.90 Å². The molecule has 1 saturated heterocycles. The zero-order valence-electron chi connectivity index (χ0n) is 16.1. The van der Waals surface area contributed by atoms with E-state index >= 15 is 0 Å². The van der Waals surface area contributed by atoms with Crippen LogP contribution in [0.4, 0.5) is 5.69 Å². The first-order chi connectivity index (χ1) is 13.8. The predicted molar refractivity (Wildman–Crippen MR) is 125 cm³/mol. The van der Waals surface area contributed by atoms with Crippen LogP contribution in [0, 0.1) is 9.62 Å². The largest absolute Gasteiger partial charge is 0.306 e. The molecular formula is C20H21IN4O2S2. The van der Waals surface area contributed by atoms with Crippen molar-refractivity contribution in [3.05, 3.63) is 50.2 Å². The number of allylic oxidation sites excluding steroid dienone is 1. The number of fused-ring (bicyclic) bond motifs is 2. The van der Waals surface area contributed by atoms with Crippen LogP contribution in [-0.4, -0.2) is 42.8 Å². The van der Waals surface area contributed by atoms with Crippen molar-refractivity contribution in [2.45, 2.75) is 24.8 Å². The quantitative estimate of drug-likeness (QED) is 0.507. The fourth-order valence-corrected chi connectivity index (χ4v) is 8.08. The molecule has 1 aliphatic heterocycles. The summed E-state index contributed by atoms with van der Waals surface area (Å²) in [5, 5.41) is 2.03. The highest BCUT2D eigenvalue weighted by molar-refractivity contribution is 14.1. The van der Waals surface area contributed by atoms with Crippen molar-refractivity contribution < 1.29 is 8.42 Å². The number of thiazole rings is 1. The Hall–Kier alpha value is -1.43. The lowest BCUT2D eigenvalue weighted by Gasteiger charge is -2.16. The van der Waals surface area contributed by atoms with Crippen molar-refractivity contribution >= 4 is 60.2 Å². The number of benzene rings is 1. The SMILES string of the molecule is CC1=C(C2CCN(C)C2)c2cc(NS(=O)(=O)c3c(I)nc4sccn34)ccc2C1. The molecule has 2 aromatic heterocycles. The van der Waals surface area contributed by atoms with Crippen LogP contribution in [0.25, 0.3) is 10.5 Å². The summed E-state index contributed by atoms with van der Waals surface area (Å²) in [6, 6.07) is 5.94. The number of likely N-dealkylation sites (tertiary alicyclic amines) is 1. The van der Waals surface area contributed by atoms with Crippen LogP contribution in [0.2, 0.25) is 0 Å². The fourth-order valence-electron chi connectivity index (χ4n) is 4.58. The van der Waals surface area contributed by atoms with Crippen LogP contribution < -0.4 is 4.72 Å². The molecule has 1 fully saturated rings. The van der Waals surface area contributed by atoms with Gasteiger partial charge in [-0.25, -0.2) is 4.98 Å². The van der Waals surface area contributed by atoms with E-state index in [4.69, 9.17) is 0 Å². The molecule has 152 valence electrons. The second-order valence-corrected chi connectivity index (χ2v) is 11.4. The van der Waals surface area contributed by atoms with E-state index in [-0.39, 0.29) is 5.03 Å². The summed E-state index contributed by atoms with van der Waals surface area (Å²) >= 11 is 3.40. The number of hydrogen-bond acceptors (Lipinski definition) is 5. The van der Waals surface area contributed by atoms with Crippen molar-refractivity contribution in [1.82, 2.24) is 14.3 Å². The molecule has 3 aromatic rings. The molecule has 9 heteroatoms. The molecule has 0 amide bonds. The molecule has 0 spiro atoms. The lowest BCUT2D eigenvalue weighted by molar-refractivity contribution is 0.409. The Bertz CT molecular complexity index is 1260. The van der Waals surface area contributed by atoms with Crippen molar-refractivity contribution in [2.75, 3.05) is 24.9 Å². The topological polar surface area (TPSA) is 66.7 Å². The van der Waals surface area contributed by atoms with Gasteiger partial charge >= 0.3 is 0 Å². The molecule has 0 saturated carbocycles. The minimum atomic E-state index is -3.75. The molecule has 3 heterocycles. The first-order valence-electron chi connectivity index (χ1n) is 9.49. The van der Waals surface area contributed by atoms with E-state index in [0.29, 0.717) is 20.3 Å². The average Bonchev–Trinajstić information content (AvgIpc) is 3.37. The Morgan fingerprint density at radius 3 is 2.93 bits per heavy atom. The average molecular weight is 540 g/mol. The van der Waals surface area contributed by atoms with Gasteiger partial charge in [0.15, 0.2) is 9.99 Å². The van der Waals surface area contributed by atoms with E-state index in [1.165, 1.54) is 33.6 Å². The lowest BCUT2D eigenvalue weighted by Crippen LogP contribution is -2.16.